The van der Waals surface area contributed by atoms with E-state index in [-0.39, 0.29) is 0 Å². The number of amides is 1. The van der Waals surface area contributed by atoms with Crippen LogP contribution in [-0.2, 0) is 9.59 Å². The number of ketones is 1. The van der Waals surface area contributed by atoms with Gasteiger partial charge in [0.15, 0.2) is 5.78 Å². The number of hydrogen-bond acceptors (Lipinski definition) is 2. The van der Waals surface area contributed by atoms with Crippen LogP contribution >= 0.6 is 0 Å². The van der Waals surface area contributed by atoms with E-state index in [9.17, 15) is 22.8 Å². The summed E-state index contributed by atoms with van der Waals surface area (Å²) in [6.07, 6.45) is -3.10. The van der Waals surface area contributed by atoms with Gasteiger partial charge in [-0.1, -0.05) is 0 Å². The first-order valence-corrected chi connectivity index (χ1v) is 4.15. The van der Waals surface area contributed by atoms with Gasteiger partial charge in [0.1, 0.15) is 6.04 Å². The minimum atomic E-state index is -4.58. The molecule has 0 saturated carbocycles. The van der Waals surface area contributed by atoms with Gasteiger partial charge in [0.25, 0.3) is 0 Å². The molecular weight excluding hydrogens is 211 g/mol. The maximum Gasteiger partial charge on any atom is 0.412 e. The van der Waals surface area contributed by atoms with Crippen LogP contribution in [0, 0.1) is 0 Å². The number of halogens is 3. The van der Waals surface area contributed by atoms with Crippen molar-refractivity contribution in [2.45, 2.75) is 26.1 Å². The Kier molecular flexibility index (Phi) is 4.51. The lowest BCUT2D eigenvalue weighted by molar-refractivity contribution is -0.174. The Hall–Kier alpha value is -1.33. The number of hydrogen-bond donors (Lipinski definition) is 0. The van der Waals surface area contributed by atoms with E-state index in [0.717, 1.165) is 27.0 Å². The van der Waals surface area contributed by atoms with Gasteiger partial charge >= 0.3 is 6.18 Å². The standard InChI is InChI=1S/C9H12F3NO2/c1-6(14)4-5-8(9(10,11)12)13(3)7(2)15/h4-5,8H,1-3H3. The van der Waals surface area contributed by atoms with Crippen LogP contribution in [-0.4, -0.2) is 35.9 Å². The third-order valence-electron chi connectivity index (χ3n) is 1.76. The van der Waals surface area contributed by atoms with E-state index in [2.05, 4.69) is 0 Å². The van der Waals surface area contributed by atoms with Crippen LogP contribution in [0.5, 0.6) is 0 Å². The predicted octanol–water partition coefficient (Wildman–Crippen LogP) is 1.54. The molecule has 0 saturated heterocycles. The van der Waals surface area contributed by atoms with Crippen molar-refractivity contribution in [3.63, 3.8) is 0 Å². The van der Waals surface area contributed by atoms with Crippen molar-refractivity contribution >= 4 is 11.7 Å². The second-order valence-electron chi connectivity index (χ2n) is 3.09. The quantitative estimate of drug-likeness (QED) is 0.680. The summed E-state index contributed by atoms with van der Waals surface area (Å²) < 4.78 is 37.3. The molecule has 15 heavy (non-hydrogen) atoms. The summed E-state index contributed by atoms with van der Waals surface area (Å²) in [5.41, 5.74) is 0. The number of carbonyl (C=O) groups is 2. The Morgan fingerprint density at radius 3 is 2.00 bits per heavy atom. The summed E-state index contributed by atoms with van der Waals surface area (Å²) in [4.78, 5) is 21.8. The number of carbonyl (C=O) groups excluding carboxylic acids is 2. The highest BCUT2D eigenvalue weighted by atomic mass is 19.4. The molecule has 0 aromatic heterocycles. The van der Waals surface area contributed by atoms with E-state index in [4.69, 9.17) is 0 Å². The van der Waals surface area contributed by atoms with Crippen molar-refractivity contribution in [2.24, 2.45) is 0 Å². The summed E-state index contributed by atoms with van der Waals surface area (Å²) in [6.45, 7) is 2.16. The normalized spacial score (nSPS) is 14.0. The molecule has 0 aromatic rings. The molecule has 0 rings (SSSR count). The topological polar surface area (TPSA) is 37.4 Å². The zero-order valence-corrected chi connectivity index (χ0v) is 8.63. The van der Waals surface area contributed by atoms with Crippen molar-refractivity contribution in [3.05, 3.63) is 12.2 Å². The third kappa shape index (κ3) is 4.62. The number of nitrogens with zero attached hydrogens (tertiary/aromatic N) is 1. The highest BCUT2D eigenvalue weighted by Crippen LogP contribution is 2.25. The first kappa shape index (κ1) is 13.7. The second-order valence-corrected chi connectivity index (χ2v) is 3.09. The van der Waals surface area contributed by atoms with E-state index < -0.39 is 23.9 Å². The van der Waals surface area contributed by atoms with Gasteiger partial charge in [-0.3, -0.25) is 9.59 Å². The molecule has 0 fully saturated rings. The molecular formula is C9H12F3NO2. The van der Waals surface area contributed by atoms with E-state index in [1.165, 1.54) is 0 Å². The molecule has 1 unspecified atom stereocenters. The average molecular weight is 223 g/mol. The highest BCUT2D eigenvalue weighted by Gasteiger charge is 2.41. The van der Waals surface area contributed by atoms with Crippen LogP contribution in [0.1, 0.15) is 13.8 Å². The minimum Gasteiger partial charge on any atom is -0.331 e. The van der Waals surface area contributed by atoms with Crippen LogP contribution < -0.4 is 0 Å². The summed E-state index contributed by atoms with van der Waals surface area (Å²) in [5.74, 6) is -1.22. The molecule has 0 aliphatic heterocycles. The van der Waals surface area contributed by atoms with Crippen LogP contribution in [0.4, 0.5) is 13.2 Å². The Bertz CT molecular complexity index is 284. The summed E-state index contributed by atoms with van der Waals surface area (Å²) in [5, 5.41) is 0. The van der Waals surface area contributed by atoms with Gasteiger partial charge in [0.05, 0.1) is 0 Å². The Balaban J connectivity index is 4.91. The fourth-order valence-electron chi connectivity index (χ4n) is 0.880. The molecule has 0 radical (unpaired) electrons. The molecule has 0 heterocycles. The lowest BCUT2D eigenvalue weighted by Gasteiger charge is -2.26. The Morgan fingerprint density at radius 2 is 1.73 bits per heavy atom. The van der Waals surface area contributed by atoms with Gasteiger partial charge in [-0.25, -0.2) is 0 Å². The van der Waals surface area contributed by atoms with Gasteiger partial charge < -0.3 is 4.90 Å². The number of alkyl halides is 3. The smallest absolute Gasteiger partial charge is 0.331 e. The van der Waals surface area contributed by atoms with Crippen LogP contribution in [0.3, 0.4) is 0 Å². The van der Waals surface area contributed by atoms with Crippen molar-refractivity contribution in [1.82, 2.24) is 4.90 Å². The van der Waals surface area contributed by atoms with Crippen molar-refractivity contribution in [3.8, 4) is 0 Å². The van der Waals surface area contributed by atoms with Crippen LogP contribution in [0.25, 0.3) is 0 Å². The highest BCUT2D eigenvalue weighted by molar-refractivity contribution is 5.87. The van der Waals surface area contributed by atoms with E-state index in [0.29, 0.717) is 11.0 Å². The number of rotatable bonds is 3. The van der Waals surface area contributed by atoms with Gasteiger partial charge in [-0.15, -0.1) is 0 Å². The fourth-order valence-corrected chi connectivity index (χ4v) is 0.880. The van der Waals surface area contributed by atoms with Crippen LogP contribution in [0.2, 0.25) is 0 Å². The molecule has 86 valence electrons. The molecule has 6 heteroatoms. The molecule has 0 spiro atoms. The summed E-state index contributed by atoms with van der Waals surface area (Å²) >= 11 is 0. The molecule has 0 N–H and O–H groups in total. The summed E-state index contributed by atoms with van der Waals surface area (Å²) in [6, 6.07) is -2.06. The predicted molar refractivity (Wildman–Crippen MR) is 48.1 cm³/mol. The molecule has 0 aliphatic rings. The monoisotopic (exact) mass is 223 g/mol. The van der Waals surface area contributed by atoms with Crippen molar-refractivity contribution < 1.29 is 22.8 Å². The van der Waals surface area contributed by atoms with Crippen LogP contribution in [0.15, 0.2) is 12.2 Å². The molecule has 0 aliphatic carbocycles. The number of allylic oxidation sites excluding steroid dienone is 1. The van der Waals surface area contributed by atoms with Gasteiger partial charge in [0, 0.05) is 14.0 Å². The Morgan fingerprint density at radius 1 is 1.27 bits per heavy atom. The largest absolute Gasteiger partial charge is 0.412 e. The molecule has 1 atom stereocenters. The SMILES string of the molecule is CC(=O)C=CC(N(C)C(C)=O)C(F)(F)F. The third-order valence-corrected chi connectivity index (χ3v) is 1.76. The fraction of sp³-hybridized carbons (Fsp3) is 0.556. The number of likely N-dealkylation sites (N-methyl/N-ethyl adjacent to an activating group) is 1. The molecule has 0 bridgehead atoms. The summed E-state index contributed by atoms with van der Waals surface area (Å²) in [7, 11) is 1.03. The second kappa shape index (κ2) is 4.95. The van der Waals surface area contributed by atoms with Gasteiger partial charge in [-0.2, -0.15) is 13.2 Å². The van der Waals surface area contributed by atoms with E-state index in [1.807, 2.05) is 0 Å². The van der Waals surface area contributed by atoms with Crippen molar-refractivity contribution in [1.29, 1.82) is 0 Å². The lowest BCUT2D eigenvalue weighted by atomic mass is 10.2. The minimum absolute atomic E-state index is 0.499. The maximum atomic E-state index is 12.4. The average Bonchev–Trinajstić information content (AvgIpc) is 2.00. The zero-order valence-electron chi connectivity index (χ0n) is 8.63. The van der Waals surface area contributed by atoms with E-state index >= 15 is 0 Å². The molecule has 1 amide bonds. The van der Waals surface area contributed by atoms with Gasteiger partial charge in [0.2, 0.25) is 5.91 Å². The first-order chi connectivity index (χ1) is 6.66. The lowest BCUT2D eigenvalue weighted by Crippen LogP contribution is -2.44. The van der Waals surface area contributed by atoms with Crippen molar-refractivity contribution in [2.75, 3.05) is 7.05 Å². The maximum absolute atomic E-state index is 12.4. The molecule has 3 nitrogen and oxygen atoms in total. The Labute approximate surface area is 85.5 Å². The van der Waals surface area contributed by atoms with Gasteiger partial charge in [-0.05, 0) is 19.1 Å². The molecule has 0 aromatic carbocycles. The first-order valence-electron chi connectivity index (χ1n) is 4.15. The van der Waals surface area contributed by atoms with E-state index in [1.54, 1.807) is 0 Å². The zero-order chi connectivity index (χ0) is 12.2.